The van der Waals surface area contributed by atoms with Crippen LogP contribution in [0, 0.1) is 0 Å². The van der Waals surface area contributed by atoms with Gasteiger partial charge in [-0.15, -0.1) is 0 Å². The van der Waals surface area contributed by atoms with Gasteiger partial charge < -0.3 is 4.57 Å². The fraction of sp³-hybridized carbons (Fsp3) is 0. The van der Waals surface area contributed by atoms with E-state index in [2.05, 4.69) is 108 Å². The van der Waals surface area contributed by atoms with E-state index in [0.717, 1.165) is 82.1 Å². The third-order valence-corrected chi connectivity index (χ3v) is 12.9. The van der Waals surface area contributed by atoms with E-state index in [1.54, 1.807) is 0 Å². The second-order valence-electron chi connectivity index (χ2n) is 12.5. The largest absolute Gasteiger partial charge is 0.309 e. The lowest BCUT2D eigenvalue weighted by atomic mass is 9.97. The standard InChI is InChI=1S/C44H28N3OP/c48-49(32-19-8-3-9-20-32)41-25-24-29-14-10-11-21-33(29)43(41)36-26-35-34-22-12-13-23-39(34)47(40(35)28-42(36)49)44-45-37(30-15-4-1-5-16-30)27-38(46-44)31-17-6-2-7-18-31/h1-28H. The maximum Gasteiger partial charge on any atom is 0.235 e. The van der Waals surface area contributed by atoms with E-state index >= 15 is 4.57 Å². The Morgan fingerprint density at radius 2 is 1.06 bits per heavy atom. The second kappa shape index (κ2) is 10.7. The highest BCUT2D eigenvalue weighted by atomic mass is 31.2. The quantitative estimate of drug-likeness (QED) is 0.179. The summed E-state index contributed by atoms with van der Waals surface area (Å²) in [5.74, 6) is 0.571. The molecule has 0 aliphatic carbocycles. The first kappa shape index (κ1) is 28.0. The summed E-state index contributed by atoms with van der Waals surface area (Å²) in [4.78, 5) is 10.4. The van der Waals surface area contributed by atoms with Gasteiger partial charge in [0.05, 0.1) is 22.4 Å². The van der Waals surface area contributed by atoms with Crippen molar-refractivity contribution in [3.05, 3.63) is 170 Å². The van der Waals surface area contributed by atoms with Gasteiger partial charge in [0.25, 0.3) is 0 Å². The van der Waals surface area contributed by atoms with E-state index < -0.39 is 7.14 Å². The molecule has 9 aromatic rings. The molecule has 1 aliphatic rings. The summed E-state index contributed by atoms with van der Waals surface area (Å²) in [5.41, 5.74) is 7.72. The molecule has 3 heterocycles. The van der Waals surface area contributed by atoms with Gasteiger partial charge in [0, 0.05) is 43.4 Å². The van der Waals surface area contributed by atoms with Crippen LogP contribution in [0.4, 0.5) is 0 Å². The Morgan fingerprint density at radius 1 is 0.469 bits per heavy atom. The SMILES string of the molecule is O=P1(c2ccccc2)c2cc3c(cc2-c2c1ccc1ccccc21)c1ccccc1n3-c1nc(-c2ccccc2)cc(-c2ccccc2)n1. The van der Waals surface area contributed by atoms with Gasteiger partial charge in [0.1, 0.15) is 0 Å². The maximum absolute atomic E-state index is 15.8. The highest BCUT2D eigenvalue weighted by molar-refractivity contribution is 7.86. The predicted octanol–water partition coefficient (Wildman–Crippen LogP) is 9.68. The summed E-state index contributed by atoms with van der Waals surface area (Å²) in [6.45, 7) is 0. The third-order valence-electron chi connectivity index (χ3n) is 9.82. The first-order valence-electron chi connectivity index (χ1n) is 16.4. The molecule has 0 fully saturated rings. The fourth-order valence-electron chi connectivity index (χ4n) is 7.58. The van der Waals surface area contributed by atoms with Crippen molar-refractivity contribution in [3.63, 3.8) is 0 Å². The molecular formula is C44H28N3OP. The molecule has 49 heavy (non-hydrogen) atoms. The Kier molecular flexibility index (Phi) is 6.12. The van der Waals surface area contributed by atoms with E-state index in [1.807, 2.05) is 66.7 Å². The van der Waals surface area contributed by atoms with Crippen molar-refractivity contribution < 1.29 is 4.57 Å². The van der Waals surface area contributed by atoms with Gasteiger partial charge in [-0.1, -0.05) is 140 Å². The zero-order valence-corrected chi connectivity index (χ0v) is 27.3. The molecule has 1 unspecified atom stereocenters. The molecule has 5 heteroatoms. The summed E-state index contributed by atoms with van der Waals surface area (Å²) in [6.07, 6.45) is 0. The van der Waals surface area contributed by atoms with E-state index in [4.69, 9.17) is 9.97 Å². The number of nitrogens with zero attached hydrogens (tertiary/aromatic N) is 3. The number of fused-ring (bicyclic) bond motifs is 8. The summed E-state index contributed by atoms with van der Waals surface area (Å²) >= 11 is 0. The molecule has 230 valence electrons. The lowest BCUT2D eigenvalue weighted by Gasteiger charge is -2.16. The number of hydrogen-bond donors (Lipinski definition) is 0. The molecule has 0 radical (unpaired) electrons. The van der Waals surface area contributed by atoms with E-state index in [0.29, 0.717) is 5.95 Å². The highest BCUT2D eigenvalue weighted by Crippen LogP contribution is 2.55. The van der Waals surface area contributed by atoms with Crippen molar-refractivity contribution in [2.45, 2.75) is 0 Å². The zero-order valence-electron chi connectivity index (χ0n) is 26.4. The molecule has 7 aromatic carbocycles. The number of hydrogen-bond acceptors (Lipinski definition) is 3. The molecule has 1 atom stereocenters. The van der Waals surface area contributed by atoms with E-state index in [-0.39, 0.29) is 0 Å². The predicted molar refractivity (Wildman–Crippen MR) is 203 cm³/mol. The number of benzene rings is 7. The fourth-order valence-corrected chi connectivity index (χ4v) is 10.6. The van der Waals surface area contributed by atoms with Crippen LogP contribution in [0.5, 0.6) is 0 Å². The molecule has 0 amide bonds. The van der Waals surface area contributed by atoms with Crippen LogP contribution in [-0.4, -0.2) is 14.5 Å². The smallest absolute Gasteiger partial charge is 0.235 e. The highest BCUT2D eigenvalue weighted by Gasteiger charge is 2.42. The minimum atomic E-state index is -3.23. The van der Waals surface area contributed by atoms with Gasteiger partial charge in [-0.25, -0.2) is 9.97 Å². The van der Waals surface area contributed by atoms with Crippen LogP contribution in [0.15, 0.2) is 170 Å². The van der Waals surface area contributed by atoms with Gasteiger partial charge in [0.15, 0.2) is 7.14 Å². The molecular weight excluding hydrogens is 617 g/mol. The molecule has 2 aromatic heterocycles. The summed E-state index contributed by atoms with van der Waals surface area (Å²) in [7, 11) is -3.23. The van der Waals surface area contributed by atoms with Crippen molar-refractivity contribution in [2.75, 3.05) is 0 Å². The molecule has 0 spiro atoms. The first-order valence-corrected chi connectivity index (χ1v) is 18.2. The molecule has 10 rings (SSSR count). The van der Waals surface area contributed by atoms with Crippen LogP contribution in [-0.2, 0) is 4.57 Å². The Hall–Kier alpha value is -6.09. The van der Waals surface area contributed by atoms with Crippen LogP contribution in [0.3, 0.4) is 0 Å². The molecule has 0 bridgehead atoms. The monoisotopic (exact) mass is 645 g/mol. The van der Waals surface area contributed by atoms with Crippen molar-refractivity contribution in [1.82, 2.24) is 14.5 Å². The maximum atomic E-state index is 15.8. The summed E-state index contributed by atoms with van der Waals surface area (Å²) in [5, 5.41) is 7.00. The topological polar surface area (TPSA) is 47.8 Å². The average molecular weight is 646 g/mol. The molecule has 0 saturated heterocycles. The van der Waals surface area contributed by atoms with Gasteiger partial charge in [-0.3, -0.25) is 4.57 Å². The van der Waals surface area contributed by atoms with Crippen LogP contribution in [0.25, 0.3) is 72.2 Å². The van der Waals surface area contributed by atoms with Crippen LogP contribution < -0.4 is 15.9 Å². The van der Waals surface area contributed by atoms with Gasteiger partial charge in [0.2, 0.25) is 5.95 Å². The third kappa shape index (κ3) is 4.14. The molecule has 4 nitrogen and oxygen atoms in total. The lowest BCUT2D eigenvalue weighted by Crippen LogP contribution is -2.21. The van der Waals surface area contributed by atoms with E-state index in [1.165, 1.54) is 0 Å². The number of aromatic nitrogens is 3. The van der Waals surface area contributed by atoms with Crippen LogP contribution >= 0.6 is 7.14 Å². The van der Waals surface area contributed by atoms with Crippen LogP contribution in [0.1, 0.15) is 0 Å². The Balaban J connectivity index is 1.33. The minimum Gasteiger partial charge on any atom is -0.309 e. The molecule has 0 N–H and O–H groups in total. The van der Waals surface area contributed by atoms with Gasteiger partial charge in [-0.05, 0) is 46.7 Å². The summed E-state index contributed by atoms with van der Waals surface area (Å²) in [6, 6.07) is 58.0. The zero-order chi connectivity index (χ0) is 32.5. The van der Waals surface area contributed by atoms with E-state index in [9.17, 15) is 0 Å². The Morgan fingerprint density at radius 3 is 1.76 bits per heavy atom. The van der Waals surface area contributed by atoms with Crippen molar-refractivity contribution in [1.29, 1.82) is 0 Å². The first-order chi connectivity index (χ1) is 24.2. The number of rotatable bonds is 4. The molecule has 0 saturated carbocycles. The summed E-state index contributed by atoms with van der Waals surface area (Å²) < 4.78 is 18.0. The average Bonchev–Trinajstić information content (AvgIpc) is 3.64. The Bertz CT molecular complexity index is 2730. The van der Waals surface area contributed by atoms with Gasteiger partial charge >= 0.3 is 0 Å². The van der Waals surface area contributed by atoms with Crippen molar-refractivity contribution in [2.24, 2.45) is 0 Å². The van der Waals surface area contributed by atoms with Crippen molar-refractivity contribution >= 4 is 55.6 Å². The normalized spacial score (nSPS) is 15.1. The van der Waals surface area contributed by atoms with Gasteiger partial charge in [-0.2, -0.15) is 0 Å². The number of para-hydroxylation sites is 1. The second-order valence-corrected chi connectivity index (χ2v) is 15.2. The molecule has 1 aliphatic heterocycles. The Labute approximate surface area is 283 Å². The lowest BCUT2D eigenvalue weighted by molar-refractivity contribution is 0.593. The van der Waals surface area contributed by atoms with Crippen LogP contribution in [0.2, 0.25) is 0 Å². The van der Waals surface area contributed by atoms with Crippen molar-refractivity contribution in [3.8, 4) is 39.6 Å². The minimum absolute atomic E-state index is 0.571.